The Morgan fingerprint density at radius 3 is 2.40 bits per heavy atom. The van der Waals surface area contributed by atoms with Crippen molar-refractivity contribution in [2.24, 2.45) is 0 Å². The van der Waals surface area contributed by atoms with Crippen molar-refractivity contribution < 1.29 is 9.59 Å². The zero-order valence-corrected chi connectivity index (χ0v) is 11.1. The highest BCUT2D eigenvalue weighted by Crippen LogP contribution is 2.21. The van der Waals surface area contributed by atoms with Crippen LogP contribution in [0.4, 0.5) is 11.4 Å². The molecule has 0 bridgehead atoms. The van der Waals surface area contributed by atoms with Crippen LogP contribution in [0.3, 0.4) is 0 Å². The highest BCUT2D eigenvalue weighted by Gasteiger charge is 2.14. The molecular weight excluding hydrogens is 256 g/mol. The molecule has 20 heavy (non-hydrogen) atoms. The Balaban J connectivity index is 1.91. The van der Waals surface area contributed by atoms with Crippen molar-refractivity contribution in [2.75, 3.05) is 29.9 Å². The van der Waals surface area contributed by atoms with Gasteiger partial charge in [-0.25, -0.2) is 0 Å². The van der Waals surface area contributed by atoms with Gasteiger partial charge in [-0.15, -0.1) is 0 Å². The van der Waals surface area contributed by atoms with E-state index in [4.69, 9.17) is 5.26 Å². The average Bonchev–Trinajstić information content (AvgIpc) is 2.99. The fourth-order valence-electron chi connectivity index (χ4n) is 2.12. The minimum absolute atomic E-state index is 0.180. The van der Waals surface area contributed by atoms with E-state index in [0.29, 0.717) is 5.69 Å². The molecule has 1 aliphatic rings. The van der Waals surface area contributed by atoms with Crippen molar-refractivity contribution in [1.29, 1.82) is 5.26 Å². The van der Waals surface area contributed by atoms with Crippen LogP contribution in [-0.4, -0.2) is 31.4 Å². The van der Waals surface area contributed by atoms with E-state index in [0.717, 1.165) is 18.8 Å². The van der Waals surface area contributed by atoms with Gasteiger partial charge in [0, 0.05) is 24.5 Å². The maximum absolute atomic E-state index is 11.5. The Hall–Kier alpha value is -2.55. The van der Waals surface area contributed by atoms with Gasteiger partial charge in [0.25, 0.3) is 0 Å². The van der Waals surface area contributed by atoms with Crippen LogP contribution < -0.4 is 15.5 Å². The monoisotopic (exact) mass is 272 g/mol. The fraction of sp³-hybridized carbons (Fsp3) is 0.357. The van der Waals surface area contributed by atoms with Gasteiger partial charge in [0.2, 0.25) is 0 Å². The second-order valence-electron chi connectivity index (χ2n) is 4.54. The first-order valence-corrected chi connectivity index (χ1v) is 6.52. The topological polar surface area (TPSA) is 85.2 Å². The van der Waals surface area contributed by atoms with E-state index < -0.39 is 11.8 Å². The van der Waals surface area contributed by atoms with Gasteiger partial charge in [0.1, 0.15) is 6.54 Å². The Kier molecular flexibility index (Phi) is 4.56. The number of carbonyl (C=O) groups is 2. The summed E-state index contributed by atoms with van der Waals surface area (Å²) in [6, 6.07) is 9.12. The molecule has 0 aromatic heterocycles. The molecule has 1 aliphatic heterocycles. The zero-order chi connectivity index (χ0) is 14.4. The van der Waals surface area contributed by atoms with E-state index in [1.165, 1.54) is 12.8 Å². The summed E-state index contributed by atoms with van der Waals surface area (Å²) in [5, 5.41) is 13.0. The maximum Gasteiger partial charge on any atom is 0.313 e. The van der Waals surface area contributed by atoms with Crippen molar-refractivity contribution in [1.82, 2.24) is 5.32 Å². The molecule has 104 valence electrons. The standard InChI is InChI=1S/C14H16N4O2/c15-7-8-16-13(19)14(20)17-11-3-5-12(6-4-11)18-9-1-2-10-18/h3-6H,1-2,8-10H2,(H,16,19)(H,17,20). The lowest BCUT2D eigenvalue weighted by Crippen LogP contribution is -2.35. The largest absolute Gasteiger partial charge is 0.372 e. The van der Waals surface area contributed by atoms with Crippen molar-refractivity contribution in [3.63, 3.8) is 0 Å². The lowest BCUT2D eigenvalue weighted by atomic mass is 10.2. The summed E-state index contributed by atoms with van der Waals surface area (Å²) in [7, 11) is 0. The van der Waals surface area contributed by atoms with E-state index in [9.17, 15) is 9.59 Å². The van der Waals surface area contributed by atoms with E-state index in [-0.39, 0.29) is 6.54 Å². The molecule has 2 amide bonds. The predicted molar refractivity (Wildman–Crippen MR) is 75.1 cm³/mol. The smallest absolute Gasteiger partial charge is 0.313 e. The summed E-state index contributed by atoms with van der Waals surface area (Å²) >= 11 is 0. The molecule has 1 saturated heterocycles. The number of hydrogen-bond acceptors (Lipinski definition) is 4. The lowest BCUT2D eigenvalue weighted by Gasteiger charge is -2.17. The van der Waals surface area contributed by atoms with Crippen molar-refractivity contribution in [3.8, 4) is 6.07 Å². The van der Waals surface area contributed by atoms with Gasteiger partial charge in [-0.2, -0.15) is 5.26 Å². The highest BCUT2D eigenvalue weighted by molar-refractivity contribution is 6.39. The quantitative estimate of drug-likeness (QED) is 0.631. The molecule has 1 aromatic rings. The predicted octanol–water partition coefficient (Wildman–Crippen LogP) is 0.865. The summed E-state index contributed by atoms with van der Waals surface area (Å²) in [5.74, 6) is -1.58. The van der Waals surface area contributed by atoms with Crippen LogP contribution in [0.1, 0.15) is 12.8 Å². The summed E-state index contributed by atoms with van der Waals surface area (Å²) in [4.78, 5) is 25.1. The molecule has 1 fully saturated rings. The normalized spacial score (nSPS) is 13.7. The molecule has 0 spiro atoms. The molecule has 6 nitrogen and oxygen atoms in total. The van der Waals surface area contributed by atoms with Crippen LogP contribution in [0.25, 0.3) is 0 Å². The van der Waals surface area contributed by atoms with Gasteiger partial charge in [0.05, 0.1) is 6.07 Å². The summed E-state index contributed by atoms with van der Waals surface area (Å²) < 4.78 is 0. The van der Waals surface area contributed by atoms with Crippen LogP contribution in [-0.2, 0) is 9.59 Å². The van der Waals surface area contributed by atoms with E-state index in [1.54, 1.807) is 18.2 Å². The van der Waals surface area contributed by atoms with E-state index in [1.807, 2.05) is 12.1 Å². The van der Waals surface area contributed by atoms with Crippen LogP contribution in [0.5, 0.6) is 0 Å². The molecule has 2 N–H and O–H groups in total. The fourth-order valence-corrected chi connectivity index (χ4v) is 2.12. The third-order valence-electron chi connectivity index (χ3n) is 3.13. The number of nitrogens with one attached hydrogen (secondary N) is 2. The number of anilines is 2. The summed E-state index contributed by atoms with van der Waals surface area (Å²) in [5.41, 5.74) is 1.68. The number of nitrogens with zero attached hydrogens (tertiary/aromatic N) is 2. The number of nitriles is 1. The van der Waals surface area contributed by atoms with E-state index in [2.05, 4.69) is 15.5 Å². The summed E-state index contributed by atoms with van der Waals surface area (Å²) in [6.07, 6.45) is 2.41. The number of rotatable bonds is 3. The second-order valence-corrected chi connectivity index (χ2v) is 4.54. The first-order chi connectivity index (χ1) is 9.70. The van der Waals surface area contributed by atoms with Gasteiger partial charge < -0.3 is 15.5 Å². The zero-order valence-electron chi connectivity index (χ0n) is 11.1. The first-order valence-electron chi connectivity index (χ1n) is 6.52. The van der Waals surface area contributed by atoms with Gasteiger partial charge in [-0.1, -0.05) is 0 Å². The lowest BCUT2D eigenvalue weighted by molar-refractivity contribution is -0.136. The van der Waals surface area contributed by atoms with Crippen molar-refractivity contribution in [2.45, 2.75) is 12.8 Å². The number of carbonyl (C=O) groups excluding carboxylic acids is 2. The Labute approximate surface area is 117 Å². The third kappa shape index (κ3) is 3.48. The average molecular weight is 272 g/mol. The molecule has 1 aromatic carbocycles. The molecular formula is C14H16N4O2. The molecule has 0 unspecified atom stereocenters. The highest BCUT2D eigenvalue weighted by atomic mass is 16.2. The van der Waals surface area contributed by atoms with Crippen LogP contribution >= 0.6 is 0 Å². The van der Waals surface area contributed by atoms with Crippen LogP contribution in [0, 0.1) is 11.3 Å². The van der Waals surface area contributed by atoms with Gasteiger partial charge in [0.15, 0.2) is 0 Å². The van der Waals surface area contributed by atoms with Gasteiger partial charge in [-0.3, -0.25) is 9.59 Å². The maximum atomic E-state index is 11.5. The van der Waals surface area contributed by atoms with Gasteiger partial charge in [-0.05, 0) is 37.1 Å². The number of benzene rings is 1. The number of amides is 2. The summed E-state index contributed by atoms with van der Waals surface area (Å²) in [6.45, 7) is 1.94. The van der Waals surface area contributed by atoms with Crippen molar-refractivity contribution in [3.05, 3.63) is 24.3 Å². The molecule has 1 heterocycles. The molecule has 2 rings (SSSR count). The van der Waals surface area contributed by atoms with Gasteiger partial charge >= 0.3 is 11.8 Å². The van der Waals surface area contributed by atoms with Crippen LogP contribution in [0.15, 0.2) is 24.3 Å². The SMILES string of the molecule is N#CCNC(=O)C(=O)Nc1ccc(N2CCCC2)cc1. The molecule has 6 heteroatoms. The third-order valence-corrected chi connectivity index (χ3v) is 3.13. The Bertz CT molecular complexity index is 527. The Morgan fingerprint density at radius 1 is 1.15 bits per heavy atom. The second kappa shape index (κ2) is 6.57. The minimum Gasteiger partial charge on any atom is -0.372 e. The molecule has 0 radical (unpaired) electrons. The van der Waals surface area contributed by atoms with E-state index >= 15 is 0 Å². The molecule has 0 aliphatic carbocycles. The molecule has 0 saturated carbocycles. The number of hydrogen-bond donors (Lipinski definition) is 2. The van der Waals surface area contributed by atoms with Crippen LogP contribution in [0.2, 0.25) is 0 Å². The Morgan fingerprint density at radius 2 is 1.80 bits per heavy atom. The first kappa shape index (κ1) is 13.9. The van der Waals surface area contributed by atoms with Crippen molar-refractivity contribution >= 4 is 23.2 Å². The minimum atomic E-state index is -0.810. The molecule has 0 atom stereocenters.